The van der Waals surface area contributed by atoms with Crippen molar-refractivity contribution >= 4 is 35.7 Å². The number of benzene rings is 2. The molecule has 0 unspecified atom stereocenters. The van der Waals surface area contributed by atoms with Crippen molar-refractivity contribution < 1.29 is 13.9 Å². The van der Waals surface area contributed by atoms with Gasteiger partial charge in [0.05, 0.1) is 12.5 Å². The smallest absolute Gasteiger partial charge is 0.379 e. The minimum atomic E-state index is -0.568. The number of aromatic nitrogens is 3. The first-order valence-electron chi connectivity index (χ1n) is 11.7. The van der Waals surface area contributed by atoms with E-state index in [4.69, 9.17) is 9.15 Å². The second-order valence-electron chi connectivity index (χ2n) is 8.13. The maximum absolute atomic E-state index is 12.1. The van der Waals surface area contributed by atoms with Crippen molar-refractivity contribution in [1.29, 1.82) is 0 Å². The van der Waals surface area contributed by atoms with Gasteiger partial charge < -0.3 is 19.4 Å². The fourth-order valence-electron chi connectivity index (χ4n) is 3.73. The molecule has 0 aliphatic carbocycles. The van der Waals surface area contributed by atoms with E-state index in [9.17, 15) is 4.79 Å². The second kappa shape index (κ2) is 11.1. The van der Waals surface area contributed by atoms with E-state index in [0.29, 0.717) is 23.6 Å². The zero-order valence-electron chi connectivity index (χ0n) is 19.5. The average molecular weight is 484 g/mol. The number of hydrogen-bond donors (Lipinski definition) is 2. The summed E-state index contributed by atoms with van der Waals surface area (Å²) in [5.41, 5.74) is 4.50. The van der Waals surface area contributed by atoms with E-state index in [-0.39, 0.29) is 5.76 Å². The molecule has 3 heterocycles. The van der Waals surface area contributed by atoms with Gasteiger partial charge in [0.2, 0.25) is 23.6 Å². The molecule has 0 amide bonds. The van der Waals surface area contributed by atoms with Crippen molar-refractivity contribution in [2.75, 3.05) is 28.7 Å². The van der Waals surface area contributed by atoms with E-state index in [2.05, 4.69) is 35.7 Å². The number of nitrogens with one attached hydrogen (secondary N) is 2. The normalized spacial score (nSPS) is 13.5. The molecule has 1 aliphatic rings. The van der Waals surface area contributed by atoms with Crippen LogP contribution in [0.1, 0.15) is 35.4 Å². The van der Waals surface area contributed by atoms with Crippen LogP contribution in [0.15, 0.2) is 82.5 Å². The minimum Gasteiger partial charge on any atom is -0.457 e. The van der Waals surface area contributed by atoms with E-state index in [1.54, 1.807) is 36.5 Å². The lowest BCUT2D eigenvalue weighted by Crippen LogP contribution is -2.31. The van der Waals surface area contributed by atoms with Crippen LogP contribution in [-0.2, 0) is 0 Å². The Morgan fingerprint density at radius 3 is 2.58 bits per heavy atom. The van der Waals surface area contributed by atoms with Gasteiger partial charge in [-0.3, -0.25) is 0 Å². The third-order valence-electron chi connectivity index (χ3n) is 5.46. The largest absolute Gasteiger partial charge is 0.457 e. The topological polar surface area (TPSA) is 118 Å². The van der Waals surface area contributed by atoms with Gasteiger partial charge in [0.25, 0.3) is 0 Å². The summed E-state index contributed by atoms with van der Waals surface area (Å²) in [5.74, 6) is 1.30. The highest BCUT2D eigenvalue weighted by Gasteiger charge is 2.16. The van der Waals surface area contributed by atoms with E-state index in [1.807, 2.05) is 36.4 Å². The molecule has 10 nitrogen and oxygen atoms in total. The number of carbonyl (C=O) groups is 1. The highest BCUT2D eigenvalue weighted by molar-refractivity contribution is 5.88. The van der Waals surface area contributed by atoms with Crippen LogP contribution in [0.3, 0.4) is 0 Å². The predicted molar refractivity (Wildman–Crippen MR) is 137 cm³/mol. The number of nitrogens with zero attached hydrogens (tertiary/aromatic N) is 5. The van der Waals surface area contributed by atoms with Crippen LogP contribution in [0, 0.1) is 0 Å². The number of hydrazone groups is 1. The van der Waals surface area contributed by atoms with Crippen molar-refractivity contribution in [3.05, 3.63) is 84.3 Å². The van der Waals surface area contributed by atoms with Crippen LogP contribution in [0.25, 0.3) is 0 Å². The highest BCUT2D eigenvalue weighted by Crippen LogP contribution is 2.21. The molecule has 1 fully saturated rings. The summed E-state index contributed by atoms with van der Waals surface area (Å²) in [5, 5.41) is 7.52. The van der Waals surface area contributed by atoms with Crippen molar-refractivity contribution in [1.82, 2.24) is 15.0 Å². The maximum Gasteiger partial charge on any atom is 0.379 e. The molecule has 0 atom stereocenters. The third kappa shape index (κ3) is 6.03. The van der Waals surface area contributed by atoms with Crippen LogP contribution in [0.2, 0.25) is 0 Å². The molecule has 182 valence electrons. The lowest BCUT2D eigenvalue weighted by molar-refractivity contribution is 0.0701. The molecular formula is C26H25N7O3. The van der Waals surface area contributed by atoms with Gasteiger partial charge in [0.1, 0.15) is 5.75 Å². The summed E-state index contributed by atoms with van der Waals surface area (Å²) in [6, 6.07) is 19.9. The first-order chi connectivity index (χ1) is 17.7. The number of anilines is 4. The van der Waals surface area contributed by atoms with Gasteiger partial charge in [-0.25, -0.2) is 10.2 Å². The standard InChI is InChI=1S/C26H25N7O3/c34-23(22-13-8-16-35-22)36-21-12-7-9-19(17-21)18-27-32-25-29-24(28-20-10-3-1-4-11-20)30-26(31-25)33-14-5-2-6-15-33/h1,3-4,7-13,16-18H,2,5-6,14-15H2,(H2,28,29,30,31,32). The zero-order valence-corrected chi connectivity index (χ0v) is 19.5. The molecule has 1 aliphatic heterocycles. The highest BCUT2D eigenvalue weighted by atomic mass is 16.5. The SMILES string of the molecule is O=C(Oc1cccc(C=NNc2nc(Nc3ccccc3)nc(N3CCCCC3)n2)c1)c1ccco1. The molecule has 2 N–H and O–H groups in total. The molecule has 4 aromatic rings. The van der Waals surface area contributed by atoms with Crippen molar-refractivity contribution in [2.45, 2.75) is 19.3 Å². The second-order valence-corrected chi connectivity index (χ2v) is 8.13. The first-order valence-corrected chi connectivity index (χ1v) is 11.7. The Hall–Kier alpha value is -4.73. The summed E-state index contributed by atoms with van der Waals surface area (Å²) in [7, 11) is 0. The Bertz CT molecular complexity index is 1320. The number of rotatable bonds is 8. The van der Waals surface area contributed by atoms with Crippen molar-refractivity contribution in [2.24, 2.45) is 5.10 Å². The van der Waals surface area contributed by atoms with Crippen molar-refractivity contribution in [3.63, 3.8) is 0 Å². The molecule has 2 aromatic heterocycles. The molecule has 36 heavy (non-hydrogen) atoms. The van der Waals surface area contributed by atoms with Crippen LogP contribution in [0.4, 0.5) is 23.5 Å². The molecule has 0 radical (unpaired) electrons. The quantitative estimate of drug-likeness (QED) is 0.157. The first kappa shape index (κ1) is 23.0. The number of ether oxygens (including phenoxy) is 1. The summed E-state index contributed by atoms with van der Waals surface area (Å²) >= 11 is 0. The number of hydrogen-bond acceptors (Lipinski definition) is 10. The van der Waals surface area contributed by atoms with E-state index in [1.165, 1.54) is 12.7 Å². The average Bonchev–Trinajstić information content (AvgIpc) is 3.46. The lowest BCUT2D eigenvalue weighted by atomic mass is 10.1. The summed E-state index contributed by atoms with van der Waals surface area (Å²) in [6.45, 7) is 1.81. The number of piperidine rings is 1. The molecule has 0 bridgehead atoms. The van der Waals surface area contributed by atoms with Crippen LogP contribution in [0.5, 0.6) is 5.75 Å². The van der Waals surface area contributed by atoms with E-state index < -0.39 is 5.97 Å². The van der Waals surface area contributed by atoms with Gasteiger partial charge in [-0.1, -0.05) is 30.3 Å². The fraction of sp³-hybridized carbons (Fsp3) is 0.192. The number of para-hydroxylation sites is 1. The molecule has 10 heteroatoms. The van der Waals surface area contributed by atoms with Gasteiger partial charge in [-0.05, 0) is 61.2 Å². The maximum atomic E-state index is 12.1. The molecule has 2 aromatic carbocycles. The number of carbonyl (C=O) groups excluding carboxylic acids is 1. The Labute approximate surface area is 208 Å². The van der Waals surface area contributed by atoms with Crippen LogP contribution in [-0.4, -0.2) is 40.2 Å². The lowest BCUT2D eigenvalue weighted by Gasteiger charge is -2.26. The monoisotopic (exact) mass is 483 g/mol. The van der Waals surface area contributed by atoms with E-state index >= 15 is 0 Å². The van der Waals surface area contributed by atoms with Crippen LogP contribution >= 0.6 is 0 Å². The van der Waals surface area contributed by atoms with Gasteiger partial charge in [-0.15, -0.1) is 0 Å². The van der Waals surface area contributed by atoms with E-state index in [0.717, 1.165) is 37.2 Å². The van der Waals surface area contributed by atoms with Crippen LogP contribution < -0.4 is 20.4 Å². The van der Waals surface area contributed by atoms with Gasteiger partial charge >= 0.3 is 5.97 Å². The molecule has 5 rings (SSSR count). The van der Waals surface area contributed by atoms with Gasteiger partial charge in [0.15, 0.2) is 0 Å². The molecule has 0 spiro atoms. The molecule has 0 saturated carbocycles. The Morgan fingerprint density at radius 2 is 1.78 bits per heavy atom. The molecule has 1 saturated heterocycles. The fourth-order valence-corrected chi connectivity index (χ4v) is 3.73. The molecular weight excluding hydrogens is 458 g/mol. The van der Waals surface area contributed by atoms with Gasteiger partial charge in [0, 0.05) is 18.8 Å². The Balaban J connectivity index is 1.30. The van der Waals surface area contributed by atoms with Gasteiger partial charge in [-0.2, -0.15) is 20.1 Å². The summed E-state index contributed by atoms with van der Waals surface area (Å²) in [6.07, 6.45) is 6.44. The summed E-state index contributed by atoms with van der Waals surface area (Å²) < 4.78 is 10.4. The van der Waals surface area contributed by atoms with Crippen molar-refractivity contribution in [3.8, 4) is 5.75 Å². The minimum absolute atomic E-state index is 0.134. The zero-order chi connectivity index (χ0) is 24.6. The predicted octanol–water partition coefficient (Wildman–Crippen LogP) is 4.86. The Morgan fingerprint density at radius 1 is 0.944 bits per heavy atom. The Kier molecular flexibility index (Phi) is 7.12. The number of furan rings is 1. The number of esters is 1. The third-order valence-corrected chi connectivity index (χ3v) is 5.46. The summed E-state index contributed by atoms with van der Waals surface area (Å²) in [4.78, 5) is 27.9.